The predicted molar refractivity (Wildman–Crippen MR) is 104 cm³/mol. The Labute approximate surface area is 162 Å². The number of likely N-dealkylation sites (tertiary alicyclic amines) is 1. The fraction of sp³-hybridized carbons (Fsp3) is 0.667. The molecule has 1 aliphatic heterocycles. The number of carbonyl (C=O) groups excluding carboxylic acids is 3. The Bertz CT molecular complexity index is 549. The van der Waals surface area contributed by atoms with Crippen LogP contribution in [0.25, 0.3) is 0 Å². The quantitative estimate of drug-likeness (QED) is 0.430. The topological polar surface area (TPSA) is 72.9 Å². The Kier molecular flexibility index (Phi) is 9.26. The molecule has 0 N–H and O–H groups in total. The molecule has 27 heavy (non-hydrogen) atoms. The molecule has 0 aromatic heterocycles. The van der Waals surface area contributed by atoms with Gasteiger partial charge < -0.3 is 14.4 Å². The van der Waals surface area contributed by atoms with E-state index in [1.807, 2.05) is 0 Å². The lowest BCUT2D eigenvalue weighted by Gasteiger charge is -2.28. The first-order valence-electron chi connectivity index (χ1n) is 9.57. The summed E-state index contributed by atoms with van der Waals surface area (Å²) in [7, 11) is 0. The summed E-state index contributed by atoms with van der Waals surface area (Å²) in [4.78, 5) is 38.6. The largest absolute Gasteiger partial charge is 0.463 e. The van der Waals surface area contributed by atoms with E-state index in [-0.39, 0.29) is 30.9 Å². The molecule has 0 saturated carbocycles. The van der Waals surface area contributed by atoms with Crippen LogP contribution in [-0.2, 0) is 23.9 Å². The fourth-order valence-corrected chi connectivity index (χ4v) is 3.07. The van der Waals surface area contributed by atoms with E-state index in [4.69, 9.17) is 9.47 Å². The van der Waals surface area contributed by atoms with E-state index in [0.29, 0.717) is 25.8 Å². The van der Waals surface area contributed by atoms with Gasteiger partial charge in [-0.05, 0) is 46.5 Å². The van der Waals surface area contributed by atoms with Crippen molar-refractivity contribution >= 4 is 17.8 Å². The van der Waals surface area contributed by atoms with Crippen LogP contribution in [0.15, 0.2) is 25.3 Å². The maximum absolute atomic E-state index is 13.0. The molecule has 1 saturated heterocycles. The number of hydrogen-bond donors (Lipinski definition) is 0. The zero-order chi connectivity index (χ0) is 20.4. The summed E-state index contributed by atoms with van der Waals surface area (Å²) in [6, 6.07) is -0.142. The number of amides is 1. The van der Waals surface area contributed by atoms with Gasteiger partial charge in [0.25, 0.3) is 0 Å². The van der Waals surface area contributed by atoms with Crippen LogP contribution < -0.4 is 0 Å². The number of carbonyl (C=O) groups is 3. The van der Waals surface area contributed by atoms with Crippen LogP contribution in [0.3, 0.4) is 0 Å². The smallest absolute Gasteiger partial charge is 0.307 e. The molecule has 0 bridgehead atoms. The van der Waals surface area contributed by atoms with E-state index in [1.165, 1.54) is 0 Å². The van der Waals surface area contributed by atoms with Gasteiger partial charge in [-0.15, -0.1) is 13.2 Å². The fourth-order valence-electron chi connectivity index (χ4n) is 3.07. The highest BCUT2D eigenvalue weighted by molar-refractivity contribution is 5.84. The lowest BCUT2D eigenvalue weighted by Crippen LogP contribution is -2.43. The Morgan fingerprint density at radius 1 is 1.19 bits per heavy atom. The molecule has 0 aromatic carbocycles. The Morgan fingerprint density at radius 3 is 2.48 bits per heavy atom. The van der Waals surface area contributed by atoms with Crippen molar-refractivity contribution in [3.63, 3.8) is 0 Å². The third-order valence-electron chi connectivity index (χ3n) is 4.28. The Hall–Kier alpha value is -2.11. The van der Waals surface area contributed by atoms with Crippen molar-refractivity contribution in [3.05, 3.63) is 25.3 Å². The molecule has 1 heterocycles. The number of esters is 2. The van der Waals surface area contributed by atoms with Gasteiger partial charge in [0.15, 0.2) is 0 Å². The van der Waals surface area contributed by atoms with Gasteiger partial charge in [-0.3, -0.25) is 14.4 Å². The lowest BCUT2D eigenvalue weighted by molar-refractivity contribution is -0.158. The molecular formula is C21H33NO5. The molecule has 1 aliphatic rings. The second-order valence-electron chi connectivity index (χ2n) is 7.85. The molecule has 1 fully saturated rings. The maximum Gasteiger partial charge on any atom is 0.307 e. The zero-order valence-corrected chi connectivity index (χ0v) is 16.9. The molecule has 6 heteroatoms. The molecule has 0 aromatic rings. The van der Waals surface area contributed by atoms with Gasteiger partial charge in [0.2, 0.25) is 5.91 Å². The minimum absolute atomic E-state index is 0.0183. The second-order valence-corrected chi connectivity index (χ2v) is 7.85. The minimum atomic E-state index is -0.589. The van der Waals surface area contributed by atoms with Crippen molar-refractivity contribution in [1.29, 1.82) is 0 Å². The molecule has 0 radical (unpaired) electrons. The summed E-state index contributed by atoms with van der Waals surface area (Å²) in [6.07, 6.45) is 6.24. The minimum Gasteiger partial charge on any atom is -0.463 e. The Balaban J connectivity index is 2.67. The van der Waals surface area contributed by atoms with Crippen molar-refractivity contribution in [2.24, 2.45) is 5.92 Å². The molecule has 2 unspecified atom stereocenters. The number of allylic oxidation sites excluding steroid dienone is 2. The number of ether oxygens (including phenoxy) is 2. The molecule has 152 valence electrons. The highest BCUT2D eigenvalue weighted by Gasteiger charge is 2.35. The monoisotopic (exact) mass is 379 g/mol. The zero-order valence-electron chi connectivity index (χ0n) is 16.9. The first kappa shape index (κ1) is 22.9. The Morgan fingerprint density at radius 2 is 1.89 bits per heavy atom. The molecule has 1 rings (SSSR count). The first-order valence-corrected chi connectivity index (χ1v) is 9.57. The van der Waals surface area contributed by atoms with E-state index >= 15 is 0 Å². The normalized spacial score (nSPS) is 17.9. The molecular weight excluding hydrogens is 346 g/mol. The summed E-state index contributed by atoms with van der Waals surface area (Å²) in [5, 5.41) is 0. The number of rotatable bonds is 10. The van der Waals surface area contributed by atoms with Gasteiger partial charge in [0.1, 0.15) is 12.2 Å². The van der Waals surface area contributed by atoms with E-state index in [2.05, 4.69) is 13.2 Å². The van der Waals surface area contributed by atoms with Gasteiger partial charge in [0.05, 0.1) is 18.4 Å². The summed E-state index contributed by atoms with van der Waals surface area (Å²) in [6.45, 7) is 13.5. The van der Waals surface area contributed by atoms with E-state index < -0.39 is 17.5 Å². The van der Waals surface area contributed by atoms with Crippen LogP contribution in [0.1, 0.15) is 59.3 Å². The predicted octanol–water partition coefficient (Wildman–Crippen LogP) is 3.41. The molecule has 0 aliphatic carbocycles. The van der Waals surface area contributed by atoms with Crippen molar-refractivity contribution in [1.82, 2.24) is 4.90 Å². The lowest BCUT2D eigenvalue weighted by atomic mass is 9.99. The third kappa shape index (κ3) is 8.41. The van der Waals surface area contributed by atoms with Crippen LogP contribution in [0.4, 0.5) is 0 Å². The summed E-state index contributed by atoms with van der Waals surface area (Å²) >= 11 is 0. The summed E-state index contributed by atoms with van der Waals surface area (Å²) < 4.78 is 10.7. The maximum atomic E-state index is 13.0. The summed E-state index contributed by atoms with van der Waals surface area (Å²) in [5.74, 6) is -1.29. The highest BCUT2D eigenvalue weighted by atomic mass is 16.6. The number of nitrogens with zero attached hydrogens (tertiary/aromatic N) is 1. The van der Waals surface area contributed by atoms with E-state index in [0.717, 1.165) is 12.8 Å². The standard InChI is InChI=1S/C21H33NO5/c1-6-8-12-18(23)26-15-17-11-9-13-22(17)20(25)16(10-7-2)14-19(24)27-21(3,4)5/h6-7,16-17H,1-2,8-15H2,3-5H3. The van der Waals surface area contributed by atoms with Gasteiger partial charge >= 0.3 is 11.9 Å². The van der Waals surface area contributed by atoms with Crippen LogP contribution in [0, 0.1) is 5.92 Å². The molecule has 2 atom stereocenters. The molecule has 6 nitrogen and oxygen atoms in total. The van der Waals surface area contributed by atoms with E-state index in [9.17, 15) is 14.4 Å². The van der Waals surface area contributed by atoms with Gasteiger partial charge in [-0.1, -0.05) is 12.2 Å². The van der Waals surface area contributed by atoms with Crippen molar-refractivity contribution in [2.45, 2.75) is 70.9 Å². The summed E-state index contributed by atoms with van der Waals surface area (Å²) in [5.41, 5.74) is -0.589. The van der Waals surface area contributed by atoms with Crippen molar-refractivity contribution in [2.75, 3.05) is 13.2 Å². The third-order valence-corrected chi connectivity index (χ3v) is 4.28. The first-order chi connectivity index (χ1) is 12.7. The highest BCUT2D eigenvalue weighted by Crippen LogP contribution is 2.24. The SMILES string of the molecule is C=CCCC(=O)OCC1CCCN1C(=O)C(CC=C)CC(=O)OC(C)(C)C. The van der Waals surface area contributed by atoms with Crippen LogP contribution >= 0.6 is 0 Å². The van der Waals surface area contributed by atoms with Gasteiger partial charge in [-0.25, -0.2) is 0 Å². The average Bonchev–Trinajstić information content (AvgIpc) is 3.03. The molecule has 0 spiro atoms. The van der Waals surface area contributed by atoms with Crippen molar-refractivity contribution < 1.29 is 23.9 Å². The van der Waals surface area contributed by atoms with Crippen LogP contribution in [-0.4, -0.2) is 47.5 Å². The van der Waals surface area contributed by atoms with Crippen LogP contribution in [0.5, 0.6) is 0 Å². The van der Waals surface area contributed by atoms with Crippen LogP contribution in [0.2, 0.25) is 0 Å². The molecule has 1 amide bonds. The average molecular weight is 379 g/mol. The number of hydrogen-bond acceptors (Lipinski definition) is 5. The van der Waals surface area contributed by atoms with Crippen molar-refractivity contribution in [3.8, 4) is 0 Å². The van der Waals surface area contributed by atoms with Gasteiger partial charge in [0, 0.05) is 13.0 Å². The van der Waals surface area contributed by atoms with E-state index in [1.54, 1.807) is 37.8 Å². The van der Waals surface area contributed by atoms with Gasteiger partial charge in [-0.2, -0.15) is 0 Å². The second kappa shape index (κ2) is 10.9.